The smallest absolute Gasteiger partial charge is 0.213 e. The highest BCUT2D eigenvalue weighted by molar-refractivity contribution is 5.80. The third-order valence-corrected chi connectivity index (χ3v) is 6.17. The second-order valence-corrected chi connectivity index (χ2v) is 8.66. The van der Waals surface area contributed by atoms with Crippen LogP contribution in [0.1, 0.15) is 49.8 Å². The molecule has 0 spiro atoms. The molecule has 1 saturated carbocycles. The molecule has 1 unspecified atom stereocenters. The SMILES string of the molecule is CN=C(NCc1ccnc(OC2CCC(C)CC2)c1)N1CCOC(c2cnn(C)c2)C1. The van der Waals surface area contributed by atoms with E-state index in [1.165, 1.54) is 12.8 Å². The average Bonchev–Trinajstić information content (AvgIpc) is 3.23. The molecule has 1 aliphatic heterocycles. The van der Waals surface area contributed by atoms with Crippen molar-refractivity contribution in [2.45, 2.75) is 51.4 Å². The summed E-state index contributed by atoms with van der Waals surface area (Å²) in [6.07, 6.45) is 10.7. The van der Waals surface area contributed by atoms with Crippen molar-refractivity contribution in [2.75, 3.05) is 26.7 Å². The van der Waals surface area contributed by atoms with E-state index in [4.69, 9.17) is 9.47 Å². The molecule has 4 rings (SSSR count). The summed E-state index contributed by atoms with van der Waals surface area (Å²) in [6, 6.07) is 4.06. The van der Waals surface area contributed by atoms with Crippen molar-refractivity contribution >= 4 is 5.96 Å². The highest BCUT2D eigenvalue weighted by Gasteiger charge is 2.25. The minimum atomic E-state index is 0.000129. The number of rotatable bonds is 5. The van der Waals surface area contributed by atoms with E-state index in [0.717, 1.165) is 54.8 Å². The van der Waals surface area contributed by atoms with Crippen molar-refractivity contribution in [2.24, 2.45) is 18.0 Å². The van der Waals surface area contributed by atoms with E-state index in [0.29, 0.717) is 13.2 Å². The summed E-state index contributed by atoms with van der Waals surface area (Å²) in [5, 5.41) is 7.75. The molecular weight excluding hydrogens is 392 g/mol. The summed E-state index contributed by atoms with van der Waals surface area (Å²) < 4.78 is 13.9. The third-order valence-electron chi connectivity index (χ3n) is 6.17. The second-order valence-electron chi connectivity index (χ2n) is 8.66. The number of hydrogen-bond donors (Lipinski definition) is 1. The van der Waals surface area contributed by atoms with Crippen LogP contribution in [-0.4, -0.2) is 58.5 Å². The molecule has 1 saturated heterocycles. The van der Waals surface area contributed by atoms with Crippen LogP contribution in [0.3, 0.4) is 0 Å². The van der Waals surface area contributed by atoms with Crippen LogP contribution in [0, 0.1) is 5.92 Å². The minimum absolute atomic E-state index is 0.000129. The van der Waals surface area contributed by atoms with Gasteiger partial charge in [-0.3, -0.25) is 9.67 Å². The van der Waals surface area contributed by atoms with Gasteiger partial charge >= 0.3 is 0 Å². The molecule has 168 valence electrons. The zero-order chi connectivity index (χ0) is 21.6. The lowest BCUT2D eigenvalue weighted by molar-refractivity contribution is -0.00805. The van der Waals surface area contributed by atoms with Gasteiger partial charge in [-0.2, -0.15) is 5.10 Å². The normalized spacial score (nSPS) is 24.8. The van der Waals surface area contributed by atoms with Crippen LogP contribution in [-0.2, 0) is 18.3 Å². The standard InChI is InChI=1S/C23H34N6O2/c1-17-4-6-20(7-5-17)31-22-12-18(8-9-25-22)13-26-23(24-2)29-10-11-30-21(16-29)19-14-27-28(3)15-19/h8-9,12,14-15,17,20-21H,4-7,10-11,13,16H2,1-3H3,(H,24,26). The van der Waals surface area contributed by atoms with Gasteiger partial charge in [-0.05, 0) is 43.2 Å². The minimum Gasteiger partial charge on any atom is -0.474 e. The number of nitrogens with one attached hydrogen (secondary N) is 1. The number of guanidine groups is 1. The van der Waals surface area contributed by atoms with Crippen molar-refractivity contribution < 1.29 is 9.47 Å². The van der Waals surface area contributed by atoms with Gasteiger partial charge in [-0.15, -0.1) is 0 Å². The van der Waals surface area contributed by atoms with Crippen LogP contribution in [0.15, 0.2) is 35.7 Å². The van der Waals surface area contributed by atoms with E-state index >= 15 is 0 Å². The van der Waals surface area contributed by atoms with Crippen LogP contribution >= 0.6 is 0 Å². The molecule has 8 heteroatoms. The molecule has 0 bridgehead atoms. The number of hydrogen-bond acceptors (Lipinski definition) is 5. The molecule has 2 aromatic heterocycles. The topological polar surface area (TPSA) is 76.8 Å². The molecular formula is C23H34N6O2. The lowest BCUT2D eigenvalue weighted by Gasteiger charge is -2.34. The van der Waals surface area contributed by atoms with Crippen molar-refractivity contribution in [3.63, 3.8) is 0 Å². The zero-order valence-corrected chi connectivity index (χ0v) is 18.8. The first-order valence-electron chi connectivity index (χ1n) is 11.3. The van der Waals surface area contributed by atoms with Gasteiger partial charge in [0.2, 0.25) is 5.88 Å². The summed E-state index contributed by atoms with van der Waals surface area (Å²) in [5.41, 5.74) is 2.23. The van der Waals surface area contributed by atoms with E-state index in [1.807, 2.05) is 49.5 Å². The van der Waals surface area contributed by atoms with Crippen LogP contribution < -0.4 is 10.1 Å². The van der Waals surface area contributed by atoms with Gasteiger partial charge in [0, 0.05) is 51.2 Å². The Morgan fingerprint density at radius 1 is 1.32 bits per heavy atom. The number of aromatic nitrogens is 3. The Morgan fingerprint density at radius 2 is 2.16 bits per heavy atom. The fourth-order valence-electron chi connectivity index (χ4n) is 4.31. The molecule has 1 aliphatic carbocycles. The lowest BCUT2D eigenvalue weighted by Crippen LogP contribution is -2.47. The predicted octanol–water partition coefficient (Wildman–Crippen LogP) is 2.92. The number of aliphatic imine (C=N–C) groups is 1. The molecule has 3 heterocycles. The molecule has 31 heavy (non-hydrogen) atoms. The van der Waals surface area contributed by atoms with Crippen LogP contribution in [0.4, 0.5) is 0 Å². The maximum absolute atomic E-state index is 6.15. The Labute approximate surface area is 184 Å². The maximum Gasteiger partial charge on any atom is 0.213 e. The Balaban J connectivity index is 1.32. The summed E-state index contributed by atoms with van der Waals surface area (Å²) in [5.74, 6) is 2.41. The molecule has 0 aromatic carbocycles. The Morgan fingerprint density at radius 3 is 2.90 bits per heavy atom. The Kier molecular flexibility index (Phi) is 7.06. The molecule has 1 N–H and O–H groups in total. The molecule has 2 fully saturated rings. The highest BCUT2D eigenvalue weighted by atomic mass is 16.5. The van der Waals surface area contributed by atoms with Gasteiger partial charge in [-0.1, -0.05) is 6.92 Å². The van der Waals surface area contributed by atoms with Crippen molar-refractivity contribution in [3.8, 4) is 5.88 Å². The number of pyridine rings is 1. The Hall–Kier alpha value is -2.61. The van der Waals surface area contributed by atoms with Crippen LogP contribution in [0.5, 0.6) is 5.88 Å². The van der Waals surface area contributed by atoms with E-state index in [-0.39, 0.29) is 12.2 Å². The largest absolute Gasteiger partial charge is 0.474 e. The van der Waals surface area contributed by atoms with Crippen molar-refractivity contribution in [3.05, 3.63) is 41.9 Å². The van der Waals surface area contributed by atoms with Crippen LogP contribution in [0.2, 0.25) is 0 Å². The first kappa shape index (κ1) is 21.6. The summed E-state index contributed by atoms with van der Waals surface area (Å²) in [4.78, 5) is 11.2. The second kappa shape index (κ2) is 10.1. The van der Waals surface area contributed by atoms with E-state index in [1.54, 1.807) is 0 Å². The lowest BCUT2D eigenvalue weighted by atomic mass is 9.89. The molecule has 2 aromatic rings. The molecule has 0 amide bonds. The van der Waals surface area contributed by atoms with Gasteiger partial charge in [-0.25, -0.2) is 4.98 Å². The predicted molar refractivity (Wildman–Crippen MR) is 120 cm³/mol. The summed E-state index contributed by atoms with van der Waals surface area (Å²) in [6.45, 7) is 5.20. The van der Waals surface area contributed by atoms with Gasteiger partial charge < -0.3 is 19.7 Å². The number of aryl methyl sites for hydroxylation is 1. The average molecular weight is 427 g/mol. The van der Waals surface area contributed by atoms with E-state index in [2.05, 4.69) is 32.2 Å². The molecule has 0 radical (unpaired) electrons. The molecule has 1 atom stereocenters. The van der Waals surface area contributed by atoms with Crippen LogP contribution in [0.25, 0.3) is 0 Å². The van der Waals surface area contributed by atoms with Gasteiger partial charge in [0.15, 0.2) is 5.96 Å². The fraction of sp³-hybridized carbons (Fsp3) is 0.609. The molecule has 8 nitrogen and oxygen atoms in total. The Bertz CT molecular complexity index is 874. The number of ether oxygens (including phenoxy) is 2. The highest BCUT2D eigenvalue weighted by Crippen LogP contribution is 2.27. The third kappa shape index (κ3) is 5.76. The van der Waals surface area contributed by atoms with E-state index < -0.39 is 0 Å². The fourth-order valence-corrected chi connectivity index (χ4v) is 4.31. The summed E-state index contributed by atoms with van der Waals surface area (Å²) >= 11 is 0. The quantitative estimate of drug-likeness (QED) is 0.585. The van der Waals surface area contributed by atoms with E-state index in [9.17, 15) is 0 Å². The first-order chi connectivity index (χ1) is 15.1. The summed E-state index contributed by atoms with van der Waals surface area (Å²) in [7, 11) is 3.74. The van der Waals surface area contributed by atoms with Crippen molar-refractivity contribution in [1.82, 2.24) is 25.0 Å². The van der Waals surface area contributed by atoms with Crippen molar-refractivity contribution in [1.29, 1.82) is 0 Å². The monoisotopic (exact) mass is 426 g/mol. The number of morpholine rings is 1. The van der Waals surface area contributed by atoms with Gasteiger partial charge in [0.25, 0.3) is 0 Å². The van der Waals surface area contributed by atoms with Gasteiger partial charge in [0.1, 0.15) is 12.2 Å². The maximum atomic E-state index is 6.15. The zero-order valence-electron chi connectivity index (χ0n) is 18.8. The van der Waals surface area contributed by atoms with Gasteiger partial charge in [0.05, 0.1) is 19.3 Å². The first-order valence-corrected chi connectivity index (χ1v) is 11.3. The molecule has 2 aliphatic rings. The number of nitrogens with zero attached hydrogens (tertiary/aromatic N) is 5.